The lowest BCUT2D eigenvalue weighted by molar-refractivity contribution is -0.384. The van der Waals surface area contributed by atoms with Gasteiger partial charge in [0.2, 0.25) is 0 Å². The van der Waals surface area contributed by atoms with Crippen molar-refractivity contribution in [3.8, 4) is 5.75 Å². The number of nitrogens with one attached hydrogen (secondary N) is 1. The van der Waals surface area contributed by atoms with E-state index in [1.807, 2.05) is 30.7 Å². The summed E-state index contributed by atoms with van der Waals surface area (Å²) in [6.45, 7) is 4.30. The Morgan fingerprint density at radius 3 is 2.85 bits per heavy atom. The van der Waals surface area contributed by atoms with E-state index in [0.717, 1.165) is 5.56 Å². The molecule has 0 spiro atoms. The van der Waals surface area contributed by atoms with Crippen molar-refractivity contribution < 1.29 is 9.66 Å². The van der Waals surface area contributed by atoms with Crippen molar-refractivity contribution in [2.45, 2.75) is 19.9 Å². The number of nitrogens with zero attached hydrogens (tertiary/aromatic N) is 1. The maximum atomic E-state index is 11.2. The molecule has 0 saturated heterocycles. The summed E-state index contributed by atoms with van der Waals surface area (Å²) in [4.78, 5) is 10.8. The second kappa shape index (κ2) is 6.38. The smallest absolute Gasteiger partial charge is 0.296 e. The van der Waals surface area contributed by atoms with Gasteiger partial charge in [0.15, 0.2) is 0 Å². The summed E-state index contributed by atoms with van der Waals surface area (Å²) in [7, 11) is 0. The van der Waals surface area contributed by atoms with E-state index in [4.69, 9.17) is 4.74 Å². The highest BCUT2D eigenvalue weighted by Crippen LogP contribution is 2.32. The molecule has 1 aromatic carbocycles. The molecular formula is C14H16N2O3S. The van der Waals surface area contributed by atoms with Gasteiger partial charge in [0, 0.05) is 6.04 Å². The number of rotatable bonds is 6. The van der Waals surface area contributed by atoms with Crippen LogP contribution >= 0.6 is 11.3 Å². The SMILES string of the molecule is CCOc1ccc(NC(C)c2ccsc2)c([N+](=O)[O-])c1. The van der Waals surface area contributed by atoms with E-state index in [-0.39, 0.29) is 11.7 Å². The highest BCUT2D eigenvalue weighted by molar-refractivity contribution is 7.07. The number of benzene rings is 1. The van der Waals surface area contributed by atoms with Gasteiger partial charge in [-0.05, 0) is 48.4 Å². The van der Waals surface area contributed by atoms with E-state index >= 15 is 0 Å². The van der Waals surface area contributed by atoms with Crippen molar-refractivity contribution in [3.05, 3.63) is 50.7 Å². The summed E-state index contributed by atoms with van der Waals surface area (Å²) < 4.78 is 5.30. The monoisotopic (exact) mass is 292 g/mol. The Bertz CT molecular complexity index is 584. The fraction of sp³-hybridized carbons (Fsp3) is 0.286. The van der Waals surface area contributed by atoms with Gasteiger partial charge >= 0.3 is 0 Å². The normalized spacial score (nSPS) is 11.9. The lowest BCUT2D eigenvalue weighted by Crippen LogP contribution is -2.07. The predicted octanol–water partition coefficient (Wildman–Crippen LogP) is 4.23. The van der Waals surface area contributed by atoms with Gasteiger partial charge in [-0.1, -0.05) is 0 Å². The van der Waals surface area contributed by atoms with Crippen LogP contribution in [0.25, 0.3) is 0 Å². The zero-order chi connectivity index (χ0) is 14.5. The standard InChI is InChI=1S/C14H16N2O3S/c1-3-19-12-4-5-13(14(8-12)16(17)18)15-10(2)11-6-7-20-9-11/h4-10,15H,3H2,1-2H3. The van der Waals surface area contributed by atoms with Crippen LogP contribution in [0.4, 0.5) is 11.4 Å². The van der Waals surface area contributed by atoms with E-state index < -0.39 is 4.92 Å². The molecule has 2 aromatic rings. The van der Waals surface area contributed by atoms with Crippen LogP contribution in [-0.4, -0.2) is 11.5 Å². The largest absolute Gasteiger partial charge is 0.494 e. The molecule has 20 heavy (non-hydrogen) atoms. The molecule has 1 atom stereocenters. The molecule has 0 bridgehead atoms. The Morgan fingerprint density at radius 1 is 1.45 bits per heavy atom. The molecule has 5 nitrogen and oxygen atoms in total. The minimum absolute atomic E-state index is 0.0119. The lowest BCUT2D eigenvalue weighted by Gasteiger charge is -2.14. The first-order valence-electron chi connectivity index (χ1n) is 6.31. The maximum Gasteiger partial charge on any atom is 0.296 e. The average molecular weight is 292 g/mol. The van der Waals surface area contributed by atoms with E-state index in [2.05, 4.69) is 5.32 Å². The molecular weight excluding hydrogens is 276 g/mol. The number of nitro groups is 1. The number of ether oxygens (including phenoxy) is 1. The quantitative estimate of drug-likeness (QED) is 0.639. The Morgan fingerprint density at radius 2 is 2.25 bits per heavy atom. The van der Waals surface area contributed by atoms with Crippen molar-refractivity contribution in [3.63, 3.8) is 0 Å². The fourth-order valence-electron chi connectivity index (χ4n) is 1.88. The van der Waals surface area contributed by atoms with Crippen molar-refractivity contribution in [2.24, 2.45) is 0 Å². The Kier molecular flexibility index (Phi) is 4.57. The fourth-order valence-corrected chi connectivity index (χ4v) is 2.63. The van der Waals surface area contributed by atoms with E-state index in [0.29, 0.717) is 18.0 Å². The molecule has 1 heterocycles. The highest BCUT2D eigenvalue weighted by Gasteiger charge is 2.17. The second-order valence-corrected chi connectivity index (χ2v) is 5.07. The Hall–Kier alpha value is -2.08. The Labute approximate surface area is 121 Å². The third-order valence-corrected chi connectivity index (χ3v) is 3.59. The topological polar surface area (TPSA) is 64.4 Å². The summed E-state index contributed by atoms with van der Waals surface area (Å²) in [6, 6.07) is 6.89. The van der Waals surface area contributed by atoms with Crippen molar-refractivity contribution in [1.82, 2.24) is 0 Å². The van der Waals surface area contributed by atoms with Crippen LogP contribution < -0.4 is 10.1 Å². The minimum Gasteiger partial charge on any atom is -0.494 e. The first kappa shape index (κ1) is 14.3. The van der Waals surface area contributed by atoms with Crippen LogP contribution in [0.15, 0.2) is 35.0 Å². The van der Waals surface area contributed by atoms with Gasteiger partial charge in [-0.15, -0.1) is 0 Å². The Balaban J connectivity index is 2.24. The molecule has 0 radical (unpaired) electrons. The molecule has 1 unspecified atom stereocenters. The van der Waals surface area contributed by atoms with Crippen LogP contribution in [0.5, 0.6) is 5.75 Å². The number of thiophene rings is 1. The molecule has 1 N–H and O–H groups in total. The van der Waals surface area contributed by atoms with E-state index in [9.17, 15) is 10.1 Å². The molecule has 0 aliphatic carbocycles. The highest BCUT2D eigenvalue weighted by atomic mass is 32.1. The summed E-state index contributed by atoms with van der Waals surface area (Å²) in [5, 5.41) is 18.3. The number of nitro benzene ring substituents is 1. The molecule has 0 fully saturated rings. The second-order valence-electron chi connectivity index (χ2n) is 4.29. The number of hydrogen-bond donors (Lipinski definition) is 1. The number of hydrogen-bond acceptors (Lipinski definition) is 5. The van der Waals surface area contributed by atoms with Crippen LogP contribution in [0.3, 0.4) is 0 Å². The van der Waals surface area contributed by atoms with Gasteiger partial charge in [-0.2, -0.15) is 11.3 Å². The molecule has 2 rings (SSSR count). The molecule has 6 heteroatoms. The van der Waals surface area contributed by atoms with Crippen molar-refractivity contribution in [1.29, 1.82) is 0 Å². The van der Waals surface area contributed by atoms with Gasteiger partial charge in [0.05, 0.1) is 17.6 Å². The molecule has 106 valence electrons. The van der Waals surface area contributed by atoms with Gasteiger partial charge < -0.3 is 10.1 Å². The predicted molar refractivity (Wildman–Crippen MR) is 80.6 cm³/mol. The maximum absolute atomic E-state index is 11.2. The zero-order valence-corrected chi connectivity index (χ0v) is 12.1. The van der Waals surface area contributed by atoms with Crippen molar-refractivity contribution in [2.75, 3.05) is 11.9 Å². The van der Waals surface area contributed by atoms with E-state index in [1.54, 1.807) is 23.5 Å². The van der Waals surface area contributed by atoms with Crippen LogP contribution in [0, 0.1) is 10.1 Å². The van der Waals surface area contributed by atoms with Gasteiger partial charge in [0.1, 0.15) is 11.4 Å². The third kappa shape index (κ3) is 3.27. The lowest BCUT2D eigenvalue weighted by atomic mass is 10.1. The summed E-state index contributed by atoms with van der Waals surface area (Å²) >= 11 is 1.60. The molecule has 0 saturated carbocycles. The molecule has 1 aromatic heterocycles. The molecule has 0 aliphatic rings. The average Bonchev–Trinajstić information content (AvgIpc) is 2.94. The van der Waals surface area contributed by atoms with Crippen molar-refractivity contribution >= 4 is 22.7 Å². The minimum atomic E-state index is -0.398. The van der Waals surface area contributed by atoms with Gasteiger partial charge in [-0.3, -0.25) is 10.1 Å². The first-order chi connectivity index (χ1) is 9.61. The molecule has 0 amide bonds. The first-order valence-corrected chi connectivity index (χ1v) is 7.26. The van der Waals surface area contributed by atoms with Crippen LogP contribution in [0.2, 0.25) is 0 Å². The zero-order valence-electron chi connectivity index (χ0n) is 11.3. The van der Waals surface area contributed by atoms with Crippen LogP contribution in [-0.2, 0) is 0 Å². The van der Waals surface area contributed by atoms with E-state index in [1.165, 1.54) is 6.07 Å². The summed E-state index contributed by atoms with van der Waals surface area (Å²) in [6.07, 6.45) is 0. The van der Waals surface area contributed by atoms with Crippen LogP contribution in [0.1, 0.15) is 25.5 Å². The molecule has 0 aliphatic heterocycles. The van der Waals surface area contributed by atoms with Gasteiger partial charge in [0.25, 0.3) is 5.69 Å². The summed E-state index contributed by atoms with van der Waals surface area (Å²) in [5.41, 5.74) is 1.63. The third-order valence-electron chi connectivity index (χ3n) is 2.89. The summed E-state index contributed by atoms with van der Waals surface area (Å²) in [5.74, 6) is 0.507. The van der Waals surface area contributed by atoms with Gasteiger partial charge in [-0.25, -0.2) is 0 Å². The number of anilines is 1.